The van der Waals surface area contributed by atoms with Crippen molar-refractivity contribution in [2.45, 2.75) is 33.8 Å². The number of morpholine rings is 1. The van der Waals surface area contributed by atoms with Gasteiger partial charge in [-0.25, -0.2) is 0 Å². The van der Waals surface area contributed by atoms with Crippen LogP contribution in [-0.4, -0.2) is 36.6 Å². The van der Waals surface area contributed by atoms with Gasteiger partial charge in [-0.05, 0) is 30.9 Å². The lowest BCUT2D eigenvalue weighted by molar-refractivity contribution is -0.132. The standard InChI is InChI=1S/C18H25NO2/c1-13(2)17(16-7-5-14(3)6-8-16)11-18(20)19-9-10-21-15(4)12-19/h5-8,11,13,15H,9-10,12H2,1-4H3/b17-11+. The molecule has 2 rings (SSSR count). The van der Waals surface area contributed by atoms with E-state index in [1.165, 1.54) is 5.56 Å². The first-order valence-corrected chi connectivity index (χ1v) is 7.66. The minimum Gasteiger partial charge on any atom is -0.375 e. The third-order valence-corrected chi connectivity index (χ3v) is 3.84. The second-order valence-electron chi connectivity index (χ2n) is 6.09. The monoisotopic (exact) mass is 287 g/mol. The average Bonchev–Trinajstić information content (AvgIpc) is 2.45. The highest BCUT2D eigenvalue weighted by Crippen LogP contribution is 2.24. The SMILES string of the molecule is Cc1ccc(/C(=C/C(=O)N2CCOC(C)C2)C(C)C)cc1. The van der Waals surface area contributed by atoms with E-state index < -0.39 is 0 Å². The largest absolute Gasteiger partial charge is 0.375 e. The van der Waals surface area contributed by atoms with E-state index in [4.69, 9.17) is 4.74 Å². The smallest absolute Gasteiger partial charge is 0.247 e. The second kappa shape index (κ2) is 6.90. The molecule has 1 heterocycles. The Morgan fingerprint density at radius 2 is 2.00 bits per heavy atom. The molecule has 0 N–H and O–H groups in total. The molecule has 21 heavy (non-hydrogen) atoms. The molecule has 1 aromatic rings. The topological polar surface area (TPSA) is 29.5 Å². The molecule has 1 aromatic carbocycles. The molecule has 1 aliphatic heterocycles. The fourth-order valence-electron chi connectivity index (χ4n) is 2.57. The van der Waals surface area contributed by atoms with Crippen molar-refractivity contribution in [2.75, 3.05) is 19.7 Å². The third kappa shape index (κ3) is 4.18. The zero-order valence-electron chi connectivity index (χ0n) is 13.4. The van der Waals surface area contributed by atoms with Crippen molar-refractivity contribution in [3.8, 4) is 0 Å². The lowest BCUT2D eigenvalue weighted by atomic mass is 9.94. The van der Waals surface area contributed by atoms with E-state index in [-0.39, 0.29) is 12.0 Å². The first-order valence-electron chi connectivity index (χ1n) is 7.66. The lowest BCUT2D eigenvalue weighted by Gasteiger charge is -2.30. The van der Waals surface area contributed by atoms with Gasteiger partial charge in [0.1, 0.15) is 0 Å². The summed E-state index contributed by atoms with van der Waals surface area (Å²) in [5.41, 5.74) is 3.46. The Hall–Kier alpha value is -1.61. The fraction of sp³-hybridized carbons (Fsp3) is 0.500. The molecular formula is C18H25NO2. The molecule has 0 radical (unpaired) electrons. The molecule has 1 saturated heterocycles. The quantitative estimate of drug-likeness (QED) is 0.798. The van der Waals surface area contributed by atoms with Gasteiger partial charge in [0, 0.05) is 19.2 Å². The van der Waals surface area contributed by atoms with Crippen LogP contribution in [0.3, 0.4) is 0 Å². The van der Waals surface area contributed by atoms with Crippen LogP contribution >= 0.6 is 0 Å². The number of carbonyl (C=O) groups excluding carboxylic acids is 1. The molecule has 1 fully saturated rings. The predicted octanol–water partition coefficient (Wildman–Crippen LogP) is 3.28. The summed E-state index contributed by atoms with van der Waals surface area (Å²) in [5, 5.41) is 0. The van der Waals surface area contributed by atoms with Crippen molar-refractivity contribution in [2.24, 2.45) is 5.92 Å². The van der Waals surface area contributed by atoms with Gasteiger partial charge in [0.2, 0.25) is 5.91 Å². The Morgan fingerprint density at radius 3 is 2.57 bits per heavy atom. The summed E-state index contributed by atoms with van der Waals surface area (Å²) in [7, 11) is 0. The average molecular weight is 287 g/mol. The van der Waals surface area contributed by atoms with Crippen LogP contribution in [0.1, 0.15) is 31.9 Å². The molecule has 114 valence electrons. The molecule has 0 bridgehead atoms. The van der Waals surface area contributed by atoms with Crippen LogP contribution in [0.4, 0.5) is 0 Å². The van der Waals surface area contributed by atoms with E-state index in [0.29, 0.717) is 25.6 Å². The molecule has 1 unspecified atom stereocenters. The fourth-order valence-corrected chi connectivity index (χ4v) is 2.57. The maximum Gasteiger partial charge on any atom is 0.247 e. The first kappa shape index (κ1) is 15.8. The van der Waals surface area contributed by atoms with Gasteiger partial charge in [0.25, 0.3) is 0 Å². The predicted molar refractivity (Wildman–Crippen MR) is 86.0 cm³/mol. The van der Waals surface area contributed by atoms with Gasteiger partial charge < -0.3 is 9.64 Å². The van der Waals surface area contributed by atoms with E-state index >= 15 is 0 Å². The Labute approximate surface area is 127 Å². The summed E-state index contributed by atoms with van der Waals surface area (Å²) in [6.45, 7) is 10.3. The number of rotatable bonds is 3. The lowest BCUT2D eigenvalue weighted by Crippen LogP contribution is -2.44. The van der Waals surface area contributed by atoms with Crippen LogP contribution in [0.15, 0.2) is 30.3 Å². The number of hydrogen-bond donors (Lipinski definition) is 0. The minimum absolute atomic E-state index is 0.0921. The Balaban J connectivity index is 2.20. The summed E-state index contributed by atoms with van der Waals surface area (Å²) < 4.78 is 5.49. The summed E-state index contributed by atoms with van der Waals surface area (Å²) >= 11 is 0. The van der Waals surface area contributed by atoms with Crippen LogP contribution < -0.4 is 0 Å². The highest BCUT2D eigenvalue weighted by atomic mass is 16.5. The van der Waals surface area contributed by atoms with Crippen molar-refractivity contribution in [1.29, 1.82) is 0 Å². The minimum atomic E-state index is 0.0921. The number of ether oxygens (including phenoxy) is 1. The molecule has 0 spiro atoms. The van der Waals surface area contributed by atoms with Gasteiger partial charge in [-0.1, -0.05) is 43.7 Å². The number of benzene rings is 1. The maximum absolute atomic E-state index is 12.5. The normalized spacial score (nSPS) is 20.0. The molecule has 0 aromatic heterocycles. The highest BCUT2D eigenvalue weighted by molar-refractivity contribution is 5.95. The summed E-state index contributed by atoms with van der Waals surface area (Å²) in [5.74, 6) is 0.407. The molecular weight excluding hydrogens is 262 g/mol. The second-order valence-corrected chi connectivity index (χ2v) is 6.09. The van der Waals surface area contributed by atoms with E-state index in [1.54, 1.807) is 6.08 Å². The number of hydrogen-bond acceptors (Lipinski definition) is 2. The number of carbonyl (C=O) groups is 1. The van der Waals surface area contributed by atoms with Crippen LogP contribution in [-0.2, 0) is 9.53 Å². The van der Waals surface area contributed by atoms with Crippen LogP contribution in [0.2, 0.25) is 0 Å². The molecule has 1 amide bonds. The van der Waals surface area contributed by atoms with Crippen molar-refractivity contribution < 1.29 is 9.53 Å². The number of amides is 1. The molecule has 3 nitrogen and oxygen atoms in total. The van der Waals surface area contributed by atoms with Crippen molar-refractivity contribution in [1.82, 2.24) is 4.90 Å². The number of aryl methyl sites for hydroxylation is 1. The molecule has 3 heteroatoms. The Kier molecular flexibility index (Phi) is 5.18. The summed E-state index contributed by atoms with van der Waals surface area (Å²) in [4.78, 5) is 14.4. The Morgan fingerprint density at radius 1 is 1.33 bits per heavy atom. The number of allylic oxidation sites excluding steroid dienone is 1. The first-order chi connectivity index (χ1) is 9.97. The van der Waals surface area contributed by atoms with Crippen molar-refractivity contribution in [3.63, 3.8) is 0 Å². The van der Waals surface area contributed by atoms with Gasteiger partial charge in [-0.3, -0.25) is 4.79 Å². The van der Waals surface area contributed by atoms with Crippen LogP contribution in [0.5, 0.6) is 0 Å². The van der Waals surface area contributed by atoms with E-state index in [2.05, 4.69) is 45.0 Å². The van der Waals surface area contributed by atoms with Crippen LogP contribution in [0, 0.1) is 12.8 Å². The molecule has 0 aliphatic carbocycles. The van der Waals surface area contributed by atoms with Gasteiger partial charge in [-0.15, -0.1) is 0 Å². The van der Waals surface area contributed by atoms with Gasteiger partial charge in [0.15, 0.2) is 0 Å². The van der Waals surface area contributed by atoms with Gasteiger partial charge in [-0.2, -0.15) is 0 Å². The zero-order chi connectivity index (χ0) is 15.4. The van der Waals surface area contributed by atoms with E-state index in [9.17, 15) is 4.79 Å². The summed E-state index contributed by atoms with van der Waals surface area (Å²) in [6.07, 6.45) is 1.92. The highest BCUT2D eigenvalue weighted by Gasteiger charge is 2.21. The Bertz CT molecular complexity index is 517. The van der Waals surface area contributed by atoms with Crippen molar-refractivity contribution in [3.05, 3.63) is 41.5 Å². The van der Waals surface area contributed by atoms with E-state index in [0.717, 1.165) is 11.1 Å². The molecule has 1 aliphatic rings. The van der Waals surface area contributed by atoms with Gasteiger partial charge in [0.05, 0.1) is 12.7 Å². The molecule has 1 atom stereocenters. The maximum atomic E-state index is 12.5. The summed E-state index contributed by atoms with van der Waals surface area (Å²) in [6, 6.07) is 8.37. The van der Waals surface area contributed by atoms with Crippen LogP contribution in [0.25, 0.3) is 5.57 Å². The van der Waals surface area contributed by atoms with E-state index in [1.807, 2.05) is 11.8 Å². The van der Waals surface area contributed by atoms with Gasteiger partial charge >= 0.3 is 0 Å². The zero-order valence-corrected chi connectivity index (χ0v) is 13.4. The molecule has 0 saturated carbocycles. The third-order valence-electron chi connectivity index (χ3n) is 3.84. The van der Waals surface area contributed by atoms with Crippen molar-refractivity contribution >= 4 is 11.5 Å². The number of nitrogens with zero attached hydrogens (tertiary/aromatic N) is 1.